The molecule has 0 aliphatic heterocycles. The van der Waals surface area contributed by atoms with E-state index in [0.29, 0.717) is 17.4 Å². The van der Waals surface area contributed by atoms with Gasteiger partial charge in [0, 0.05) is 12.1 Å². The summed E-state index contributed by atoms with van der Waals surface area (Å²) < 4.78 is 1.75. The Bertz CT molecular complexity index is 677. The van der Waals surface area contributed by atoms with Gasteiger partial charge in [-0.2, -0.15) is 0 Å². The molecule has 0 spiro atoms. The van der Waals surface area contributed by atoms with Crippen LogP contribution in [0.5, 0.6) is 5.75 Å². The fourth-order valence-electron chi connectivity index (χ4n) is 3.11. The summed E-state index contributed by atoms with van der Waals surface area (Å²) >= 11 is 0. The standard InChI is InChI=1S/C15H20N4O3/c20-11-7-4-8-19-14(11)17-13(10-5-2-1-3-6-10)15(19)16-9-12(21)18-22/h4,7-8,10,16,20,22H,1-3,5-6,9H2,(H,18,21). The molecule has 2 heterocycles. The van der Waals surface area contributed by atoms with Crippen molar-refractivity contribution in [3.8, 4) is 5.75 Å². The number of amides is 1. The Labute approximate surface area is 127 Å². The minimum Gasteiger partial charge on any atom is -0.504 e. The first-order valence-corrected chi connectivity index (χ1v) is 7.57. The molecule has 22 heavy (non-hydrogen) atoms. The molecule has 0 bridgehead atoms. The number of pyridine rings is 1. The highest BCUT2D eigenvalue weighted by atomic mass is 16.5. The van der Waals surface area contributed by atoms with Crippen LogP contribution in [0.3, 0.4) is 0 Å². The number of hydroxylamine groups is 1. The molecule has 7 nitrogen and oxygen atoms in total. The van der Waals surface area contributed by atoms with Crippen molar-refractivity contribution in [2.24, 2.45) is 0 Å². The summed E-state index contributed by atoms with van der Waals surface area (Å²) in [6.07, 6.45) is 7.50. The number of aromatic nitrogens is 2. The number of hydrogen-bond donors (Lipinski definition) is 4. The molecule has 1 amide bonds. The van der Waals surface area contributed by atoms with E-state index in [2.05, 4.69) is 10.3 Å². The largest absolute Gasteiger partial charge is 0.504 e. The number of rotatable bonds is 4. The zero-order chi connectivity index (χ0) is 15.5. The Morgan fingerprint density at radius 1 is 1.36 bits per heavy atom. The predicted octanol–water partition coefficient (Wildman–Crippen LogP) is 2.00. The normalized spacial score (nSPS) is 15.9. The Hall–Kier alpha value is -2.28. The Balaban J connectivity index is 2.00. The lowest BCUT2D eigenvalue weighted by molar-refractivity contribution is -0.127. The summed E-state index contributed by atoms with van der Waals surface area (Å²) in [5.74, 6) is 0.623. The van der Waals surface area contributed by atoms with Crippen molar-refractivity contribution in [2.75, 3.05) is 11.9 Å². The van der Waals surface area contributed by atoms with Crippen LogP contribution in [0.2, 0.25) is 0 Å². The lowest BCUT2D eigenvalue weighted by atomic mass is 9.87. The molecule has 1 aliphatic carbocycles. The summed E-state index contributed by atoms with van der Waals surface area (Å²) in [7, 11) is 0. The molecular weight excluding hydrogens is 284 g/mol. The van der Waals surface area contributed by atoms with E-state index in [1.54, 1.807) is 28.2 Å². The Kier molecular flexibility index (Phi) is 4.15. The van der Waals surface area contributed by atoms with Gasteiger partial charge in [0.25, 0.3) is 5.91 Å². The van der Waals surface area contributed by atoms with Crippen LogP contribution in [0.15, 0.2) is 18.3 Å². The number of carbonyl (C=O) groups is 1. The molecule has 1 fully saturated rings. The third-order valence-corrected chi connectivity index (χ3v) is 4.19. The lowest BCUT2D eigenvalue weighted by Gasteiger charge is -2.21. The fourth-order valence-corrected chi connectivity index (χ4v) is 3.11. The van der Waals surface area contributed by atoms with Crippen LogP contribution in [0.25, 0.3) is 5.65 Å². The van der Waals surface area contributed by atoms with Gasteiger partial charge in [-0.25, -0.2) is 10.5 Å². The van der Waals surface area contributed by atoms with E-state index >= 15 is 0 Å². The third kappa shape index (κ3) is 2.71. The first kappa shape index (κ1) is 14.6. The third-order valence-electron chi connectivity index (χ3n) is 4.19. The predicted molar refractivity (Wildman–Crippen MR) is 81.1 cm³/mol. The van der Waals surface area contributed by atoms with Crippen molar-refractivity contribution < 1.29 is 15.1 Å². The van der Waals surface area contributed by atoms with Gasteiger partial charge in [-0.15, -0.1) is 0 Å². The summed E-state index contributed by atoms with van der Waals surface area (Å²) in [5.41, 5.74) is 2.97. The highest BCUT2D eigenvalue weighted by Crippen LogP contribution is 2.37. The number of aromatic hydroxyl groups is 1. The van der Waals surface area contributed by atoms with Crippen LogP contribution < -0.4 is 10.8 Å². The molecule has 0 atom stereocenters. The maximum absolute atomic E-state index is 11.3. The minimum absolute atomic E-state index is 0.0559. The van der Waals surface area contributed by atoms with E-state index < -0.39 is 5.91 Å². The molecule has 0 unspecified atom stereocenters. The molecule has 7 heteroatoms. The number of nitrogens with zero attached hydrogens (tertiary/aromatic N) is 2. The quantitative estimate of drug-likeness (QED) is 0.511. The van der Waals surface area contributed by atoms with Gasteiger partial charge in [0.15, 0.2) is 11.4 Å². The summed E-state index contributed by atoms with van der Waals surface area (Å²) in [4.78, 5) is 15.9. The summed E-state index contributed by atoms with van der Waals surface area (Å²) in [6, 6.07) is 3.32. The zero-order valence-corrected chi connectivity index (χ0v) is 12.2. The Morgan fingerprint density at radius 3 is 2.86 bits per heavy atom. The summed E-state index contributed by atoms with van der Waals surface area (Å²) in [5, 5.41) is 21.7. The van der Waals surface area contributed by atoms with E-state index in [-0.39, 0.29) is 12.3 Å². The Morgan fingerprint density at radius 2 is 2.14 bits per heavy atom. The highest BCUT2D eigenvalue weighted by Gasteiger charge is 2.24. The molecule has 0 saturated heterocycles. The first-order valence-electron chi connectivity index (χ1n) is 7.57. The second-order valence-electron chi connectivity index (χ2n) is 5.66. The molecule has 1 saturated carbocycles. The van der Waals surface area contributed by atoms with Gasteiger partial charge in [-0.1, -0.05) is 19.3 Å². The van der Waals surface area contributed by atoms with Crippen molar-refractivity contribution >= 4 is 17.4 Å². The van der Waals surface area contributed by atoms with Crippen LogP contribution in [0, 0.1) is 0 Å². The van der Waals surface area contributed by atoms with Crippen molar-refractivity contribution in [2.45, 2.75) is 38.0 Å². The maximum Gasteiger partial charge on any atom is 0.262 e. The van der Waals surface area contributed by atoms with E-state index in [4.69, 9.17) is 5.21 Å². The molecule has 3 rings (SSSR count). The van der Waals surface area contributed by atoms with Gasteiger partial charge in [-0.05, 0) is 25.0 Å². The van der Waals surface area contributed by atoms with E-state index in [1.165, 1.54) is 19.3 Å². The van der Waals surface area contributed by atoms with Crippen LogP contribution in [0.1, 0.15) is 43.7 Å². The van der Waals surface area contributed by atoms with Crippen molar-refractivity contribution in [3.63, 3.8) is 0 Å². The van der Waals surface area contributed by atoms with Gasteiger partial charge in [0.1, 0.15) is 5.82 Å². The zero-order valence-electron chi connectivity index (χ0n) is 12.2. The van der Waals surface area contributed by atoms with Crippen LogP contribution in [-0.4, -0.2) is 32.2 Å². The SMILES string of the molecule is O=C(CNc1c(C2CCCCC2)nc2c(O)cccn12)NO. The van der Waals surface area contributed by atoms with Crippen molar-refractivity contribution in [3.05, 3.63) is 24.0 Å². The number of anilines is 1. The van der Waals surface area contributed by atoms with Crippen LogP contribution >= 0.6 is 0 Å². The number of carbonyl (C=O) groups excluding carboxylic acids is 1. The van der Waals surface area contributed by atoms with Gasteiger partial charge >= 0.3 is 0 Å². The van der Waals surface area contributed by atoms with Gasteiger partial charge < -0.3 is 10.4 Å². The van der Waals surface area contributed by atoms with Gasteiger partial charge in [0.05, 0.1) is 12.2 Å². The van der Waals surface area contributed by atoms with Gasteiger partial charge in [0.2, 0.25) is 0 Å². The molecular formula is C15H20N4O3. The molecule has 0 aromatic carbocycles. The smallest absolute Gasteiger partial charge is 0.262 e. The average molecular weight is 304 g/mol. The maximum atomic E-state index is 11.3. The molecule has 1 aliphatic rings. The van der Waals surface area contributed by atoms with Gasteiger partial charge in [-0.3, -0.25) is 14.4 Å². The molecule has 2 aromatic rings. The topological polar surface area (TPSA) is 98.9 Å². The first-order chi connectivity index (χ1) is 10.7. The van der Waals surface area contributed by atoms with E-state index in [0.717, 1.165) is 18.5 Å². The van der Waals surface area contributed by atoms with E-state index in [1.807, 2.05) is 0 Å². The number of fused-ring (bicyclic) bond motifs is 1. The number of hydrogen-bond acceptors (Lipinski definition) is 5. The van der Waals surface area contributed by atoms with Crippen molar-refractivity contribution in [1.29, 1.82) is 0 Å². The average Bonchev–Trinajstić information content (AvgIpc) is 2.93. The summed E-state index contributed by atoms with van der Waals surface area (Å²) in [6.45, 7) is -0.0559. The second kappa shape index (κ2) is 6.23. The molecule has 4 N–H and O–H groups in total. The van der Waals surface area contributed by atoms with E-state index in [9.17, 15) is 9.90 Å². The highest BCUT2D eigenvalue weighted by molar-refractivity contribution is 5.80. The van der Waals surface area contributed by atoms with Crippen LogP contribution in [-0.2, 0) is 4.79 Å². The molecule has 0 radical (unpaired) electrons. The molecule has 2 aromatic heterocycles. The molecule has 118 valence electrons. The lowest BCUT2D eigenvalue weighted by Crippen LogP contribution is -2.27. The fraction of sp³-hybridized carbons (Fsp3) is 0.467. The number of imidazole rings is 1. The number of nitrogens with one attached hydrogen (secondary N) is 2. The minimum atomic E-state index is -0.523. The second-order valence-corrected chi connectivity index (χ2v) is 5.66. The monoisotopic (exact) mass is 304 g/mol. The van der Waals surface area contributed by atoms with Crippen molar-refractivity contribution in [1.82, 2.24) is 14.9 Å². The van der Waals surface area contributed by atoms with Crippen LogP contribution in [0.4, 0.5) is 5.82 Å².